The number of esters is 2. The quantitative estimate of drug-likeness (QED) is 0.238. The van der Waals surface area contributed by atoms with Gasteiger partial charge in [0.1, 0.15) is 19.0 Å². The highest BCUT2D eigenvalue weighted by Gasteiger charge is 2.11. The van der Waals surface area contributed by atoms with Gasteiger partial charge in [-0.2, -0.15) is 0 Å². The second kappa shape index (κ2) is 8.86. The molecule has 0 aliphatic heterocycles. The molecule has 0 radical (unpaired) electrons. The molecule has 0 aromatic heterocycles. The molecule has 84 valence electrons. The van der Waals surface area contributed by atoms with Crippen LogP contribution >= 0.6 is 0 Å². The van der Waals surface area contributed by atoms with E-state index in [1.54, 1.807) is 0 Å². The predicted octanol–water partition coefficient (Wildman–Crippen LogP) is -0.359. The van der Waals surface area contributed by atoms with Crippen LogP contribution in [0.1, 0.15) is 19.3 Å². The third-order valence-corrected chi connectivity index (χ3v) is 1.29. The lowest BCUT2D eigenvalue weighted by Crippen LogP contribution is -2.15. The summed E-state index contributed by atoms with van der Waals surface area (Å²) in [4.78, 5) is 41.4. The van der Waals surface area contributed by atoms with E-state index in [0.717, 1.165) is 0 Å². The zero-order chi connectivity index (χ0) is 11.5. The topological polar surface area (TPSA) is 86.7 Å². The fourth-order valence-electron chi connectivity index (χ4n) is 0.662. The number of hydrogen-bond acceptors (Lipinski definition) is 6. The van der Waals surface area contributed by atoms with Gasteiger partial charge in [0.05, 0.1) is 13.2 Å². The van der Waals surface area contributed by atoms with Gasteiger partial charge in [0.25, 0.3) is 0 Å². The Labute approximate surface area is 86.5 Å². The molecule has 0 N–H and O–H groups in total. The molecule has 0 fully saturated rings. The number of ether oxygens (including phenoxy) is 2. The van der Waals surface area contributed by atoms with Crippen molar-refractivity contribution in [2.75, 3.05) is 13.2 Å². The molecule has 0 saturated carbocycles. The van der Waals surface area contributed by atoms with Gasteiger partial charge in [0, 0.05) is 12.8 Å². The Balaban J connectivity index is 3.52. The highest BCUT2D eigenvalue weighted by Crippen LogP contribution is 1.92. The summed E-state index contributed by atoms with van der Waals surface area (Å²) in [5, 5.41) is 0. The maximum atomic E-state index is 10.9. The van der Waals surface area contributed by atoms with E-state index in [9.17, 15) is 19.2 Å². The third kappa shape index (κ3) is 8.61. The Bertz CT molecular complexity index is 211. The van der Waals surface area contributed by atoms with Crippen LogP contribution in [0.2, 0.25) is 0 Å². The summed E-state index contributed by atoms with van der Waals surface area (Å²) in [6, 6.07) is 0. The summed E-state index contributed by atoms with van der Waals surface area (Å²) in [6.45, 7) is -0.0755. The number of rotatable bonds is 8. The van der Waals surface area contributed by atoms with Gasteiger partial charge in [-0.05, 0) is 0 Å². The summed E-state index contributed by atoms with van der Waals surface area (Å²) in [7, 11) is 0. The Morgan fingerprint density at radius 2 is 1.27 bits per heavy atom. The van der Waals surface area contributed by atoms with Crippen LogP contribution in [0.15, 0.2) is 0 Å². The van der Waals surface area contributed by atoms with Crippen LogP contribution in [0.3, 0.4) is 0 Å². The van der Waals surface area contributed by atoms with Crippen molar-refractivity contribution in [3.8, 4) is 0 Å². The van der Waals surface area contributed by atoms with Crippen molar-refractivity contribution in [3.05, 3.63) is 0 Å². The van der Waals surface area contributed by atoms with Gasteiger partial charge >= 0.3 is 11.9 Å². The van der Waals surface area contributed by atoms with Crippen LogP contribution in [-0.4, -0.2) is 37.7 Å². The zero-order valence-electron chi connectivity index (χ0n) is 8.14. The van der Waals surface area contributed by atoms with Crippen LogP contribution in [0, 0.1) is 0 Å². The fourth-order valence-corrected chi connectivity index (χ4v) is 0.662. The fraction of sp³-hybridized carbons (Fsp3) is 0.556. The molecule has 6 heteroatoms. The molecule has 0 aliphatic carbocycles. The second-order valence-corrected chi connectivity index (χ2v) is 2.53. The molecule has 0 bridgehead atoms. The summed E-state index contributed by atoms with van der Waals surface area (Å²) in [5.41, 5.74) is 0. The first-order chi connectivity index (χ1) is 7.20. The van der Waals surface area contributed by atoms with E-state index in [2.05, 4.69) is 9.47 Å². The zero-order valence-corrected chi connectivity index (χ0v) is 8.14. The van der Waals surface area contributed by atoms with Crippen molar-refractivity contribution in [2.45, 2.75) is 19.3 Å². The van der Waals surface area contributed by atoms with E-state index >= 15 is 0 Å². The monoisotopic (exact) mass is 216 g/mol. The SMILES string of the molecule is O=CCCOC(=O)CC(=O)OCCC=O. The average molecular weight is 216 g/mol. The van der Waals surface area contributed by atoms with E-state index in [1.165, 1.54) is 0 Å². The Morgan fingerprint density at radius 3 is 1.60 bits per heavy atom. The molecule has 6 nitrogen and oxygen atoms in total. The van der Waals surface area contributed by atoms with Crippen molar-refractivity contribution < 1.29 is 28.7 Å². The average Bonchev–Trinajstić information content (AvgIpc) is 2.18. The van der Waals surface area contributed by atoms with Gasteiger partial charge in [0.15, 0.2) is 0 Å². The van der Waals surface area contributed by atoms with Crippen LogP contribution in [-0.2, 0) is 28.7 Å². The Morgan fingerprint density at radius 1 is 0.867 bits per heavy atom. The van der Waals surface area contributed by atoms with E-state index in [0.29, 0.717) is 12.6 Å². The third-order valence-electron chi connectivity index (χ3n) is 1.29. The lowest BCUT2D eigenvalue weighted by atomic mass is 10.4. The lowest BCUT2D eigenvalue weighted by Gasteiger charge is -2.02. The number of carbonyl (C=O) groups is 4. The maximum absolute atomic E-state index is 10.9. The number of carbonyl (C=O) groups excluding carboxylic acids is 4. The molecule has 0 aromatic carbocycles. The van der Waals surface area contributed by atoms with Crippen molar-refractivity contribution >= 4 is 24.5 Å². The molecular formula is C9H12O6. The Hall–Kier alpha value is -1.72. The highest BCUT2D eigenvalue weighted by molar-refractivity contribution is 5.91. The Kier molecular flexibility index (Phi) is 7.84. The van der Waals surface area contributed by atoms with Crippen molar-refractivity contribution in [2.24, 2.45) is 0 Å². The molecule has 15 heavy (non-hydrogen) atoms. The van der Waals surface area contributed by atoms with Crippen LogP contribution < -0.4 is 0 Å². The molecule has 0 spiro atoms. The van der Waals surface area contributed by atoms with E-state index in [1.807, 2.05) is 0 Å². The van der Waals surface area contributed by atoms with Crippen molar-refractivity contribution in [1.29, 1.82) is 0 Å². The van der Waals surface area contributed by atoms with E-state index < -0.39 is 18.4 Å². The number of hydrogen-bond donors (Lipinski definition) is 0. The molecule has 0 aliphatic rings. The van der Waals surface area contributed by atoms with E-state index in [4.69, 9.17) is 0 Å². The summed E-state index contributed by atoms with van der Waals surface area (Å²) in [6.07, 6.45) is 0.918. The van der Waals surface area contributed by atoms with Gasteiger partial charge in [-0.25, -0.2) is 0 Å². The lowest BCUT2D eigenvalue weighted by molar-refractivity contribution is -0.154. The second-order valence-electron chi connectivity index (χ2n) is 2.53. The van der Waals surface area contributed by atoms with Crippen LogP contribution in [0.5, 0.6) is 0 Å². The van der Waals surface area contributed by atoms with Gasteiger partial charge in [-0.1, -0.05) is 0 Å². The van der Waals surface area contributed by atoms with Crippen molar-refractivity contribution in [3.63, 3.8) is 0 Å². The smallest absolute Gasteiger partial charge is 0.317 e. The molecule has 0 aromatic rings. The van der Waals surface area contributed by atoms with Gasteiger partial charge in [-0.15, -0.1) is 0 Å². The largest absolute Gasteiger partial charge is 0.465 e. The normalized spacial score (nSPS) is 9.07. The van der Waals surface area contributed by atoms with Crippen LogP contribution in [0.4, 0.5) is 0 Å². The molecule has 0 rings (SSSR count). The molecule has 0 amide bonds. The molecule has 0 atom stereocenters. The maximum Gasteiger partial charge on any atom is 0.317 e. The first-order valence-corrected chi connectivity index (χ1v) is 4.39. The van der Waals surface area contributed by atoms with Crippen LogP contribution in [0.25, 0.3) is 0 Å². The highest BCUT2D eigenvalue weighted by atomic mass is 16.6. The first kappa shape index (κ1) is 13.3. The first-order valence-electron chi connectivity index (χ1n) is 4.39. The van der Waals surface area contributed by atoms with Gasteiger partial charge < -0.3 is 19.1 Å². The number of aldehydes is 2. The van der Waals surface area contributed by atoms with E-state index in [-0.39, 0.29) is 26.1 Å². The molecular weight excluding hydrogens is 204 g/mol. The standard InChI is InChI=1S/C9H12O6/c10-3-1-5-14-8(12)7-9(13)15-6-2-4-11/h3-4H,1-2,5-7H2. The summed E-state index contributed by atoms with van der Waals surface area (Å²) >= 11 is 0. The van der Waals surface area contributed by atoms with Crippen molar-refractivity contribution in [1.82, 2.24) is 0 Å². The minimum Gasteiger partial charge on any atom is -0.465 e. The minimum absolute atomic E-state index is 0.0377. The summed E-state index contributed by atoms with van der Waals surface area (Å²) in [5.74, 6) is -1.49. The predicted molar refractivity (Wildman–Crippen MR) is 47.9 cm³/mol. The van der Waals surface area contributed by atoms with Gasteiger partial charge in [0.2, 0.25) is 0 Å². The molecule has 0 saturated heterocycles. The summed E-state index contributed by atoms with van der Waals surface area (Å²) < 4.78 is 9.04. The molecule has 0 unspecified atom stereocenters. The minimum atomic E-state index is -0.743. The molecule has 0 heterocycles. The van der Waals surface area contributed by atoms with Gasteiger partial charge in [-0.3, -0.25) is 9.59 Å².